The van der Waals surface area contributed by atoms with E-state index in [0.29, 0.717) is 5.69 Å². The van der Waals surface area contributed by atoms with Gasteiger partial charge in [0.15, 0.2) is 0 Å². The molecule has 5 nitrogen and oxygen atoms in total. The zero-order valence-corrected chi connectivity index (χ0v) is 16.6. The Morgan fingerprint density at radius 3 is 2.46 bits per heavy atom. The number of carbonyl (C=O) groups excluding carboxylic acids is 1. The second-order valence-corrected chi connectivity index (χ2v) is 8.34. The second-order valence-electron chi connectivity index (χ2n) is 6.43. The Labute approximate surface area is 156 Å². The van der Waals surface area contributed by atoms with E-state index >= 15 is 0 Å². The van der Waals surface area contributed by atoms with E-state index in [1.807, 2.05) is 63.2 Å². The first kappa shape index (κ1) is 20.0. The molecule has 2 aromatic carbocycles. The van der Waals surface area contributed by atoms with E-state index in [2.05, 4.69) is 5.32 Å². The van der Waals surface area contributed by atoms with Gasteiger partial charge in [0.2, 0.25) is 15.9 Å². The molecule has 0 saturated heterocycles. The lowest BCUT2D eigenvalue weighted by Crippen LogP contribution is -2.33. The average molecular weight is 375 g/mol. The van der Waals surface area contributed by atoms with Crippen molar-refractivity contribution >= 4 is 27.3 Å². The Morgan fingerprint density at radius 2 is 1.81 bits per heavy atom. The van der Waals surface area contributed by atoms with Gasteiger partial charge in [0.05, 0.1) is 11.9 Å². The molecule has 0 aromatic heterocycles. The van der Waals surface area contributed by atoms with Gasteiger partial charge in [-0.3, -0.25) is 9.10 Å². The smallest absolute Gasteiger partial charge is 0.232 e. The summed E-state index contributed by atoms with van der Waals surface area (Å²) >= 11 is 0. The Bertz CT molecular complexity index is 892. The summed E-state index contributed by atoms with van der Waals surface area (Å²) < 4.78 is 25.8. The molecule has 0 aliphatic carbocycles. The number of amides is 1. The third kappa shape index (κ3) is 5.08. The molecular weight excluding hydrogens is 348 g/mol. The van der Waals surface area contributed by atoms with E-state index in [0.717, 1.165) is 28.8 Å². The highest BCUT2D eigenvalue weighted by atomic mass is 32.2. The lowest BCUT2D eigenvalue weighted by atomic mass is 10.1. The maximum Gasteiger partial charge on any atom is 0.232 e. The highest BCUT2D eigenvalue weighted by Crippen LogP contribution is 2.24. The van der Waals surface area contributed by atoms with Crippen LogP contribution < -0.4 is 9.62 Å². The molecule has 2 rings (SSSR count). The quantitative estimate of drug-likeness (QED) is 0.804. The Hall–Kier alpha value is -2.34. The largest absolute Gasteiger partial charge is 0.326 e. The number of benzene rings is 2. The summed E-state index contributed by atoms with van der Waals surface area (Å²) in [4.78, 5) is 12.4. The van der Waals surface area contributed by atoms with Gasteiger partial charge in [0.25, 0.3) is 0 Å². The Morgan fingerprint density at radius 1 is 1.12 bits per heavy atom. The summed E-state index contributed by atoms with van der Waals surface area (Å²) in [6, 6.07) is 13.3. The highest BCUT2D eigenvalue weighted by Gasteiger charge is 2.20. The first-order valence-electron chi connectivity index (χ1n) is 8.65. The molecule has 6 heteroatoms. The van der Waals surface area contributed by atoms with Gasteiger partial charge in [0.1, 0.15) is 0 Å². The minimum Gasteiger partial charge on any atom is -0.326 e. The number of sulfonamides is 1. The number of carbonyl (C=O) groups is 1. The van der Waals surface area contributed by atoms with E-state index in [-0.39, 0.29) is 18.9 Å². The summed E-state index contributed by atoms with van der Waals surface area (Å²) in [6.07, 6.45) is 2.06. The van der Waals surface area contributed by atoms with Gasteiger partial charge in [-0.1, -0.05) is 37.3 Å². The number of hydrogen-bond donors (Lipinski definition) is 1. The molecule has 1 amide bonds. The van der Waals surface area contributed by atoms with Crippen LogP contribution in [-0.4, -0.2) is 27.1 Å². The van der Waals surface area contributed by atoms with Crippen molar-refractivity contribution in [3.05, 3.63) is 59.2 Å². The molecule has 0 unspecified atom stereocenters. The normalized spacial score (nSPS) is 11.2. The number of nitrogens with one attached hydrogen (secondary N) is 1. The molecule has 0 spiro atoms. The lowest BCUT2D eigenvalue weighted by Gasteiger charge is -2.24. The van der Waals surface area contributed by atoms with Crippen LogP contribution >= 0.6 is 0 Å². The lowest BCUT2D eigenvalue weighted by molar-refractivity contribution is -0.116. The van der Waals surface area contributed by atoms with Crippen LogP contribution in [0, 0.1) is 13.8 Å². The van der Waals surface area contributed by atoms with Crippen LogP contribution in [0.4, 0.5) is 11.4 Å². The third-order valence-electron chi connectivity index (χ3n) is 4.25. The van der Waals surface area contributed by atoms with Gasteiger partial charge >= 0.3 is 0 Å². The molecule has 0 fully saturated rings. The molecule has 26 heavy (non-hydrogen) atoms. The van der Waals surface area contributed by atoms with E-state index in [9.17, 15) is 13.2 Å². The maximum atomic E-state index is 12.4. The van der Waals surface area contributed by atoms with Gasteiger partial charge < -0.3 is 5.32 Å². The summed E-state index contributed by atoms with van der Waals surface area (Å²) in [6.45, 7) is 5.91. The molecule has 0 radical (unpaired) electrons. The van der Waals surface area contributed by atoms with Gasteiger partial charge in [-0.2, -0.15) is 0 Å². The highest BCUT2D eigenvalue weighted by molar-refractivity contribution is 7.92. The van der Waals surface area contributed by atoms with Gasteiger partial charge in [0, 0.05) is 18.7 Å². The first-order chi connectivity index (χ1) is 12.2. The van der Waals surface area contributed by atoms with Crippen molar-refractivity contribution < 1.29 is 13.2 Å². The molecule has 2 aromatic rings. The maximum absolute atomic E-state index is 12.4. The fourth-order valence-electron chi connectivity index (χ4n) is 2.82. The van der Waals surface area contributed by atoms with Crippen molar-refractivity contribution in [2.45, 2.75) is 33.6 Å². The fraction of sp³-hybridized carbons (Fsp3) is 0.350. The number of anilines is 2. The molecule has 0 heterocycles. The van der Waals surface area contributed by atoms with E-state index in [1.54, 1.807) is 0 Å². The van der Waals surface area contributed by atoms with Gasteiger partial charge in [-0.25, -0.2) is 8.42 Å². The van der Waals surface area contributed by atoms with E-state index in [4.69, 9.17) is 0 Å². The predicted molar refractivity (Wildman–Crippen MR) is 107 cm³/mol. The zero-order chi connectivity index (χ0) is 19.3. The Kier molecular flexibility index (Phi) is 6.42. The Balaban J connectivity index is 2.15. The van der Waals surface area contributed by atoms with Crippen molar-refractivity contribution in [2.24, 2.45) is 0 Å². The number of nitrogens with zero attached hydrogens (tertiary/aromatic N) is 1. The topological polar surface area (TPSA) is 66.5 Å². The van der Waals surface area contributed by atoms with Crippen LogP contribution in [0.5, 0.6) is 0 Å². The van der Waals surface area contributed by atoms with E-state index in [1.165, 1.54) is 10.6 Å². The summed E-state index contributed by atoms with van der Waals surface area (Å²) in [7, 11) is -3.49. The standard InChI is InChI=1S/C20H26N2O3S/c1-5-17-8-6-7-9-18(17)21-20(23)12-13-22(26(4,24)25)19-14-15(2)10-11-16(19)3/h6-11,14H,5,12-13H2,1-4H3,(H,21,23). The summed E-state index contributed by atoms with van der Waals surface area (Å²) in [5, 5.41) is 2.89. The average Bonchev–Trinajstić information content (AvgIpc) is 2.57. The molecule has 0 saturated carbocycles. The van der Waals surface area contributed by atoms with Crippen molar-refractivity contribution in [3.63, 3.8) is 0 Å². The van der Waals surface area contributed by atoms with Crippen molar-refractivity contribution in [3.8, 4) is 0 Å². The number of hydrogen-bond acceptors (Lipinski definition) is 3. The van der Waals surface area contributed by atoms with Crippen LogP contribution in [0.3, 0.4) is 0 Å². The molecule has 0 bridgehead atoms. The summed E-state index contributed by atoms with van der Waals surface area (Å²) in [5.74, 6) is -0.204. The van der Waals surface area contributed by atoms with Gasteiger partial charge in [-0.05, 0) is 49.1 Å². The molecule has 1 N–H and O–H groups in total. The monoisotopic (exact) mass is 374 g/mol. The SMILES string of the molecule is CCc1ccccc1NC(=O)CCN(c1cc(C)ccc1C)S(C)(=O)=O. The summed E-state index contributed by atoms with van der Waals surface area (Å²) in [5.41, 5.74) is 4.28. The minimum atomic E-state index is -3.49. The first-order valence-corrected chi connectivity index (χ1v) is 10.5. The van der Waals surface area contributed by atoms with Gasteiger partial charge in [-0.15, -0.1) is 0 Å². The second kappa shape index (κ2) is 8.36. The zero-order valence-electron chi connectivity index (χ0n) is 15.7. The molecule has 0 aliphatic rings. The third-order valence-corrected chi connectivity index (χ3v) is 5.43. The number of para-hydroxylation sites is 1. The number of rotatable bonds is 7. The van der Waals surface area contributed by atoms with Crippen molar-refractivity contribution in [1.82, 2.24) is 0 Å². The van der Waals surface area contributed by atoms with Crippen LogP contribution in [0.15, 0.2) is 42.5 Å². The van der Waals surface area contributed by atoms with Crippen LogP contribution in [0.2, 0.25) is 0 Å². The van der Waals surface area contributed by atoms with Crippen molar-refractivity contribution in [1.29, 1.82) is 0 Å². The minimum absolute atomic E-state index is 0.0818. The molecular formula is C20H26N2O3S. The number of aryl methyl sites for hydroxylation is 3. The van der Waals surface area contributed by atoms with Crippen molar-refractivity contribution in [2.75, 3.05) is 22.4 Å². The van der Waals surface area contributed by atoms with Crippen LogP contribution in [0.1, 0.15) is 30.0 Å². The fourth-order valence-corrected chi connectivity index (χ4v) is 3.80. The molecule has 0 atom stereocenters. The predicted octanol–water partition coefficient (Wildman–Crippen LogP) is 3.66. The van der Waals surface area contributed by atoms with Crippen LogP contribution in [-0.2, 0) is 21.2 Å². The molecule has 0 aliphatic heterocycles. The molecule has 140 valence electrons. The van der Waals surface area contributed by atoms with Crippen LogP contribution in [0.25, 0.3) is 0 Å². The van der Waals surface area contributed by atoms with E-state index < -0.39 is 10.0 Å².